The Morgan fingerprint density at radius 3 is 2.22 bits per heavy atom. The van der Waals surface area contributed by atoms with Gasteiger partial charge in [0.05, 0.1) is 0 Å². The molecule has 6 nitrogen and oxygen atoms in total. The first-order valence-electron chi connectivity index (χ1n) is 7.77. The quantitative estimate of drug-likeness (QED) is 0.855. The molecule has 23 heavy (non-hydrogen) atoms. The minimum absolute atomic E-state index is 0.0182. The van der Waals surface area contributed by atoms with E-state index in [0.717, 1.165) is 16.8 Å². The maximum Gasteiger partial charge on any atom is 0.233 e. The Labute approximate surface area is 136 Å². The van der Waals surface area contributed by atoms with Gasteiger partial charge in [0.1, 0.15) is 6.42 Å². The average Bonchev–Trinajstić information content (AvgIpc) is 2.50. The van der Waals surface area contributed by atoms with E-state index in [0.29, 0.717) is 26.2 Å². The highest BCUT2D eigenvalue weighted by molar-refractivity contribution is 6.03. The SMILES string of the molecule is CC(=O)N1CCN(C(=O)CC(=O)Nc2ccc(C)cc2C)CC1. The lowest BCUT2D eigenvalue weighted by Crippen LogP contribution is -2.50. The summed E-state index contributed by atoms with van der Waals surface area (Å²) >= 11 is 0. The molecule has 0 atom stereocenters. The van der Waals surface area contributed by atoms with E-state index in [1.165, 1.54) is 6.92 Å². The van der Waals surface area contributed by atoms with Crippen molar-refractivity contribution >= 4 is 23.4 Å². The zero-order valence-corrected chi connectivity index (χ0v) is 13.9. The first-order valence-corrected chi connectivity index (χ1v) is 7.77. The second kappa shape index (κ2) is 7.26. The topological polar surface area (TPSA) is 69.7 Å². The van der Waals surface area contributed by atoms with Gasteiger partial charge in [-0.2, -0.15) is 0 Å². The van der Waals surface area contributed by atoms with Crippen molar-refractivity contribution in [3.05, 3.63) is 29.3 Å². The number of aryl methyl sites for hydroxylation is 2. The van der Waals surface area contributed by atoms with Crippen molar-refractivity contribution in [3.8, 4) is 0 Å². The molecule has 1 aromatic carbocycles. The molecule has 2 rings (SSSR count). The summed E-state index contributed by atoms with van der Waals surface area (Å²) in [4.78, 5) is 38.8. The van der Waals surface area contributed by atoms with Crippen molar-refractivity contribution in [1.82, 2.24) is 9.80 Å². The lowest BCUT2D eigenvalue weighted by molar-refractivity contribution is -0.140. The Kier molecular flexibility index (Phi) is 5.36. The third-order valence-corrected chi connectivity index (χ3v) is 4.05. The number of rotatable bonds is 3. The van der Waals surface area contributed by atoms with Gasteiger partial charge in [-0.1, -0.05) is 17.7 Å². The van der Waals surface area contributed by atoms with Gasteiger partial charge in [0, 0.05) is 38.8 Å². The fourth-order valence-electron chi connectivity index (χ4n) is 2.67. The molecular weight excluding hydrogens is 294 g/mol. The predicted molar refractivity (Wildman–Crippen MR) is 88.0 cm³/mol. The van der Waals surface area contributed by atoms with Crippen LogP contribution in [0.25, 0.3) is 0 Å². The van der Waals surface area contributed by atoms with Gasteiger partial charge in [0.2, 0.25) is 17.7 Å². The molecule has 0 unspecified atom stereocenters. The predicted octanol–water partition coefficient (Wildman–Crippen LogP) is 1.32. The Morgan fingerprint density at radius 1 is 1.04 bits per heavy atom. The van der Waals surface area contributed by atoms with Crippen LogP contribution in [0.5, 0.6) is 0 Å². The lowest BCUT2D eigenvalue weighted by Gasteiger charge is -2.34. The monoisotopic (exact) mass is 317 g/mol. The highest BCUT2D eigenvalue weighted by Crippen LogP contribution is 2.16. The molecule has 0 radical (unpaired) electrons. The number of anilines is 1. The van der Waals surface area contributed by atoms with Crippen LogP contribution in [-0.4, -0.2) is 53.7 Å². The van der Waals surface area contributed by atoms with Crippen LogP contribution in [0, 0.1) is 13.8 Å². The maximum atomic E-state index is 12.2. The molecule has 0 spiro atoms. The van der Waals surface area contributed by atoms with Gasteiger partial charge in [0.25, 0.3) is 0 Å². The number of carbonyl (C=O) groups excluding carboxylic acids is 3. The number of benzene rings is 1. The molecule has 1 saturated heterocycles. The van der Waals surface area contributed by atoms with Gasteiger partial charge in [-0.15, -0.1) is 0 Å². The van der Waals surface area contributed by atoms with Crippen LogP contribution in [0.1, 0.15) is 24.5 Å². The van der Waals surface area contributed by atoms with E-state index in [2.05, 4.69) is 5.32 Å². The summed E-state index contributed by atoms with van der Waals surface area (Å²) in [6.45, 7) is 7.45. The summed E-state index contributed by atoms with van der Waals surface area (Å²) in [6, 6.07) is 5.75. The summed E-state index contributed by atoms with van der Waals surface area (Å²) in [5.41, 5.74) is 2.83. The number of amides is 3. The molecule has 0 bridgehead atoms. The maximum absolute atomic E-state index is 12.2. The molecule has 1 aromatic rings. The fraction of sp³-hybridized carbons (Fsp3) is 0.471. The summed E-state index contributed by atoms with van der Waals surface area (Å²) < 4.78 is 0. The molecule has 0 aromatic heterocycles. The van der Waals surface area contributed by atoms with E-state index in [-0.39, 0.29) is 24.1 Å². The van der Waals surface area contributed by atoms with Crippen LogP contribution in [0.3, 0.4) is 0 Å². The van der Waals surface area contributed by atoms with E-state index >= 15 is 0 Å². The average molecular weight is 317 g/mol. The minimum atomic E-state index is -0.309. The van der Waals surface area contributed by atoms with Gasteiger partial charge >= 0.3 is 0 Å². The van der Waals surface area contributed by atoms with Crippen molar-refractivity contribution in [2.45, 2.75) is 27.2 Å². The molecule has 1 heterocycles. The van der Waals surface area contributed by atoms with Crippen molar-refractivity contribution in [1.29, 1.82) is 0 Å². The first-order chi connectivity index (χ1) is 10.9. The van der Waals surface area contributed by atoms with Gasteiger partial charge in [0.15, 0.2) is 0 Å². The zero-order valence-electron chi connectivity index (χ0n) is 13.9. The van der Waals surface area contributed by atoms with Crippen LogP contribution in [-0.2, 0) is 14.4 Å². The number of nitrogens with zero attached hydrogens (tertiary/aromatic N) is 2. The standard InChI is InChI=1S/C17H23N3O3/c1-12-4-5-15(13(2)10-12)18-16(22)11-17(23)20-8-6-19(7-9-20)14(3)21/h4-5,10H,6-9,11H2,1-3H3,(H,18,22). The highest BCUT2D eigenvalue weighted by atomic mass is 16.2. The summed E-state index contributed by atoms with van der Waals surface area (Å²) in [5.74, 6) is -0.490. The Balaban J connectivity index is 1.85. The molecule has 1 fully saturated rings. The van der Waals surface area contributed by atoms with Crippen LogP contribution >= 0.6 is 0 Å². The molecule has 0 aliphatic carbocycles. The zero-order chi connectivity index (χ0) is 17.0. The fourth-order valence-corrected chi connectivity index (χ4v) is 2.67. The number of nitrogens with one attached hydrogen (secondary N) is 1. The molecule has 3 amide bonds. The molecule has 6 heteroatoms. The van der Waals surface area contributed by atoms with Crippen LogP contribution < -0.4 is 5.32 Å². The van der Waals surface area contributed by atoms with E-state index < -0.39 is 0 Å². The number of carbonyl (C=O) groups is 3. The number of piperazine rings is 1. The van der Waals surface area contributed by atoms with Crippen LogP contribution in [0.2, 0.25) is 0 Å². The number of hydrogen-bond donors (Lipinski definition) is 1. The summed E-state index contributed by atoms with van der Waals surface area (Å²) in [7, 11) is 0. The Morgan fingerprint density at radius 2 is 1.65 bits per heavy atom. The molecule has 124 valence electrons. The van der Waals surface area contributed by atoms with Crippen LogP contribution in [0.4, 0.5) is 5.69 Å². The highest BCUT2D eigenvalue weighted by Gasteiger charge is 2.23. The normalized spacial score (nSPS) is 14.6. The molecule has 1 aliphatic rings. The van der Waals surface area contributed by atoms with Gasteiger partial charge in [-0.05, 0) is 25.5 Å². The van der Waals surface area contributed by atoms with Crippen LogP contribution in [0.15, 0.2) is 18.2 Å². The largest absolute Gasteiger partial charge is 0.339 e. The molecule has 0 saturated carbocycles. The molecule has 1 N–H and O–H groups in total. The number of hydrogen-bond acceptors (Lipinski definition) is 3. The van der Waals surface area contributed by atoms with Crippen molar-refractivity contribution in [3.63, 3.8) is 0 Å². The van der Waals surface area contributed by atoms with E-state index in [9.17, 15) is 14.4 Å². The smallest absolute Gasteiger partial charge is 0.233 e. The molecule has 1 aliphatic heterocycles. The van der Waals surface area contributed by atoms with Crippen molar-refractivity contribution < 1.29 is 14.4 Å². The van der Waals surface area contributed by atoms with E-state index in [1.807, 2.05) is 32.0 Å². The van der Waals surface area contributed by atoms with Gasteiger partial charge in [-0.25, -0.2) is 0 Å². The third-order valence-electron chi connectivity index (χ3n) is 4.05. The van der Waals surface area contributed by atoms with Crippen molar-refractivity contribution in [2.24, 2.45) is 0 Å². The second-order valence-corrected chi connectivity index (χ2v) is 5.93. The summed E-state index contributed by atoms with van der Waals surface area (Å²) in [5, 5.41) is 2.78. The van der Waals surface area contributed by atoms with Gasteiger partial charge < -0.3 is 15.1 Å². The summed E-state index contributed by atoms with van der Waals surface area (Å²) in [6.07, 6.45) is -0.173. The Bertz CT molecular complexity index is 620. The van der Waals surface area contributed by atoms with Crippen molar-refractivity contribution in [2.75, 3.05) is 31.5 Å². The lowest BCUT2D eigenvalue weighted by atomic mass is 10.1. The Hall–Kier alpha value is -2.37. The van der Waals surface area contributed by atoms with Gasteiger partial charge in [-0.3, -0.25) is 14.4 Å². The second-order valence-electron chi connectivity index (χ2n) is 5.93. The first kappa shape index (κ1) is 17.0. The third kappa shape index (κ3) is 4.55. The minimum Gasteiger partial charge on any atom is -0.339 e. The van der Waals surface area contributed by atoms with E-state index in [1.54, 1.807) is 9.80 Å². The van der Waals surface area contributed by atoms with E-state index in [4.69, 9.17) is 0 Å². The molecular formula is C17H23N3O3.